The summed E-state index contributed by atoms with van der Waals surface area (Å²) in [6.07, 6.45) is 0. The van der Waals surface area contributed by atoms with E-state index in [1.165, 1.54) is 11.1 Å². The monoisotopic (exact) mass is 247 g/mol. The Kier molecular flexibility index (Phi) is 3.18. The Morgan fingerprint density at radius 1 is 1.28 bits per heavy atom. The lowest BCUT2D eigenvalue weighted by atomic mass is 9.73. The molecule has 1 unspecified atom stereocenters. The highest BCUT2D eigenvalue weighted by atomic mass is 16.5. The first-order chi connectivity index (χ1) is 8.25. The fourth-order valence-corrected chi connectivity index (χ4v) is 2.58. The van der Waals surface area contributed by atoms with Crippen LogP contribution in [0.3, 0.4) is 0 Å². The van der Waals surface area contributed by atoms with Crippen molar-refractivity contribution in [2.45, 2.75) is 51.5 Å². The molecule has 0 aromatic heterocycles. The summed E-state index contributed by atoms with van der Waals surface area (Å²) in [7, 11) is 1.76. The highest BCUT2D eigenvalue weighted by Crippen LogP contribution is 2.41. The van der Waals surface area contributed by atoms with Crippen molar-refractivity contribution in [2.75, 3.05) is 13.7 Å². The molecule has 1 aromatic carbocycles. The molecule has 1 N–H and O–H groups in total. The third kappa shape index (κ3) is 2.26. The summed E-state index contributed by atoms with van der Waals surface area (Å²) in [5, 5.41) is 3.49. The van der Waals surface area contributed by atoms with Gasteiger partial charge in [0.25, 0.3) is 0 Å². The SMILES string of the molecule is COc1ccc(C(C)(C)C)cc1C1CNC1(C)C. The zero-order valence-electron chi connectivity index (χ0n) is 12.4. The highest BCUT2D eigenvalue weighted by Gasteiger charge is 2.40. The van der Waals surface area contributed by atoms with E-state index in [2.05, 4.69) is 58.1 Å². The van der Waals surface area contributed by atoms with Gasteiger partial charge in [-0.15, -0.1) is 0 Å². The van der Waals surface area contributed by atoms with Gasteiger partial charge in [-0.25, -0.2) is 0 Å². The second-order valence-corrected chi connectivity index (χ2v) is 6.86. The molecular formula is C16H25NO. The average Bonchev–Trinajstić information content (AvgIpc) is 2.26. The molecule has 1 aliphatic rings. The molecular weight excluding hydrogens is 222 g/mol. The van der Waals surface area contributed by atoms with Crippen molar-refractivity contribution in [2.24, 2.45) is 0 Å². The third-order valence-corrected chi connectivity index (χ3v) is 4.10. The quantitative estimate of drug-likeness (QED) is 0.864. The van der Waals surface area contributed by atoms with Gasteiger partial charge in [-0.05, 0) is 30.9 Å². The van der Waals surface area contributed by atoms with Crippen molar-refractivity contribution in [1.29, 1.82) is 0 Å². The standard InChI is InChI=1S/C16H25NO/c1-15(2,3)11-7-8-14(18-6)12(9-11)13-10-17-16(13,4)5/h7-9,13,17H,10H2,1-6H3. The van der Waals surface area contributed by atoms with Crippen molar-refractivity contribution in [1.82, 2.24) is 5.32 Å². The van der Waals surface area contributed by atoms with Gasteiger partial charge in [-0.1, -0.05) is 32.9 Å². The van der Waals surface area contributed by atoms with Gasteiger partial charge in [-0.3, -0.25) is 0 Å². The van der Waals surface area contributed by atoms with Crippen molar-refractivity contribution >= 4 is 0 Å². The summed E-state index contributed by atoms with van der Waals surface area (Å²) in [6, 6.07) is 6.62. The van der Waals surface area contributed by atoms with Crippen molar-refractivity contribution < 1.29 is 4.74 Å². The predicted octanol–water partition coefficient (Wildman–Crippen LogP) is 3.46. The fraction of sp³-hybridized carbons (Fsp3) is 0.625. The Labute approximate surface area is 111 Å². The summed E-state index contributed by atoms with van der Waals surface area (Å²) >= 11 is 0. The zero-order valence-corrected chi connectivity index (χ0v) is 12.4. The van der Waals surface area contributed by atoms with Crippen LogP contribution in [0.5, 0.6) is 5.75 Å². The van der Waals surface area contributed by atoms with Gasteiger partial charge >= 0.3 is 0 Å². The van der Waals surface area contributed by atoms with E-state index < -0.39 is 0 Å². The van der Waals surface area contributed by atoms with Crippen LogP contribution < -0.4 is 10.1 Å². The van der Waals surface area contributed by atoms with Crippen LogP contribution in [0.1, 0.15) is 51.7 Å². The van der Waals surface area contributed by atoms with Gasteiger partial charge in [0, 0.05) is 23.6 Å². The molecule has 100 valence electrons. The van der Waals surface area contributed by atoms with Gasteiger partial charge in [0.1, 0.15) is 5.75 Å². The molecule has 1 heterocycles. The molecule has 1 fully saturated rings. The van der Waals surface area contributed by atoms with Crippen LogP contribution >= 0.6 is 0 Å². The second-order valence-electron chi connectivity index (χ2n) is 6.86. The van der Waals surface area contributed by atoms with Gasteiger partial charge in [0.05, 0.1) is 7.11 Å². The lowest BCUT2D eigenvalue weighted by molar-refractivity contribution is 0.203. The second kappa shape index (κ2) is 4.27. The van der Waals surface area contributed by atoms with Crippen LogP contribution in [0.2, 0.25) is 0 Å². The van der Waals surface area contributed by atoms with Crippen LogP contribution in [0.15, 0.2) is 18.2 Å². The summed E-state index contributed by atoms with van der Waals surface area (Å²) in [5.41, 5.74) is 3.07. The topological polar surface area (TPSA) is 21.3 Å². The number of nitrogens with one attached hydrogen (secondary N) is 1. The van der Waals surface area contributed by atoms with E-state index in [0.29, 0.717) is 5.92 Å². The maximum Gasteiger partial charge on any atom is 0.122 e. The number of hydrogen-bond donors (Lipinski definition) is 1. The Morgan fingerprint density at radius 2 is 1.94 bits per heavy atom. The minimum absolute atomic E-state index is 0.170. The third-order valence-electron chi connectivity index (χ3n) is 4.10. The highest BCUT2D eigenvalue weighted by molar-refractivity contribution is 5.44. The maximum atomic E-state index is 5.54. The van der Waals surface area contributed by atoms with E-state index in [1.54, 1.807) is 7.11 Å². The number of ether oxygens (including phenoxy) is 1. The van der Waals surface area contributed by atoms with E-state index in [9.17, 15) is 0 Å². The molecule has 0 amide bonds. The maximum absolute atomic E-state index is 5.54. The molecule has 0 radical (unpaired) electrons. The number of hydrogen-bond acceptors (Lipinski definition) is 2. The lowest BCUT2D eigenvalue weighted by Crippen LogP contribution is -2.59. The van der Waals surface area contributed by atoms with Crippen LogP contribution in [0, 0.1) is 0 Å². The minimum atomic E-state index is 0.170. The zero-order chi connectivity index (χ0) is 13.6. The van der Waals surface area contributed by atoms with Crippen molar-refractivity contribution in [3.8, 4) is 5.75 Å². The smallest absolute Gasteiger partial charge is 0.122 e. The lowest BCUT2D eigenvalue weighted by Gasteiger charge is -2.47. The average molecular weight is 247 g/mol. The molecule has 0 aliphatic carbocycles. The summed E-state index contributed by atoms with van der Waals surface area (Å²) in [5.74, 6) is 1.55. The van der Waals surface area contributed by atoms with Gasteiger partial charge in [0.2, 0.25) is 0 Å². The molecule has 2 rings (SSSR count). The number of benzene rings is 1. The molecule has 1 aliphatic heterocycles. The molecule has 2 nitrogen and oxygen atoms in total. The molecule has 0 saturated carbocycles. The molecule has 1 atom stereocenters. The van der Waals surface area contributed by atoms with E-state index in [1.807, 2.05) is 0 Å². The summed E-state index contributed by atoms with van der Waals surface area (Å²) in [4.78, 5) is 0. The molecule has 1 aromatic rings. The molecule has 0 bridgehead atoms. The van der Waals surface area contributed by atoms with E-state index in [-0.39, 0.29) is 11.0 Å². The Balaban J connectivity index is 2.44. The van der Waals surface area contributed by atoms with Crippen molar-refractivity contribution in [3.63, 3.8) is 0 Å². The van der Waals surface area contributed by atoms with Crippen LogP contribution in [-0.2, 0) is 5.41 Å². The van der Waals surface area contributed by atoms with E-state index >= 15 is 0 Å². The number of rotatable bonds is 2. The first-order valence-electron chi connectivity index (χ1n) is 6.69. The number of methoxy groups -OCH3 is 1. The van der Waals surface area contributed by atoms with E-state index in [4.69, 9.17) is 4.74 Å². The Bertz CT molecular complexity index is 443. The van der Waals surface area contributed by atoms with Crippen LogP contribution in [0.4, 0.5) is 0 Å². The molecule has 1 saturated heterocycles. The van der Waals surface area contributed by atoms with Gasteiger partial charge < -0.3 is 10.1 Å². The van der Waals surface area contributed by atoms with Gasteiger partial charge in [-0.2, -0.15) is 0 Å². The summed E-state index contributed by atoms with van der Waals surface area (Å²) in [6.45, 7) is 12.3. The first kappa shape index (κ1) is 13.4. The normalized spacial score (nSPS) is 22.4. The van der Waals surface area contributed by atoms with E-state index in [0.717, 1.165) is 12.3 Å². The van der Waals surface area contributed by atoms with Crippen LogP contribution in [0.25, 0.3) is 0 Å². The Hall–Kier alpha value is -1.02. The molecule has 0 spiro atoms. The summed E-state index contributed by atoms with van der Waals surface area (Å²) < 4.78 is 5.54. The minimum Gasteiger partial charge on any atom is -0.496 e. The largest absolute Gasteiger partial charge is 0.496 e. The molecule has 18 heavy (non-hydrogen) atoms. The van der Waals surface area contributed by atoms with Crippen LogP contribution in [-0.4, -0.2) is 19.2 Å². The predicted molar refractivity (Wildman–Crippen MR) is 76.5 cm³/mol. The van der Waals surface area contributed by atoms with Crippen molar-refractivity contribution in [3.05, 3.63) is 29.3 Å². The van der Waals surface area contributed by atoms with Gasteiger partial charge in [0.15, 0.2) is 0 Å². The fourth-order valence-electron chi connectivity index (χ4n) is 2.58. The Morgan fingerprint density at radius 3 is 2.33 bits per heavy atom. The molecule has 2 heteroatoms. The first-order valence-corrected chi connectivity index (χ1v) is 6.69.